The Bertz CT molecular complexity index is 419. The second-order valence-corrected chi connectivity index (χ2v) is 4.73. The van der Waals surface area contributed by atoms with Gasteiger partial charge in [-0.1, -0.05) is 25.8 Å². The molecule has 1 amide bonds. The molecule has 1 rings (SSSR count). The quantitative estimate of drug-likeness (QED) is 0.794. The highest BCUT2D eigenvalue weighted by Gasteiger charge is 2.13. The molecule has 19 heavy (non-hydrogen) atoms. The van der Waals surface area contributed by atoms with Crippen molar-refractivity contribution >= 4 is 5.91 Å². The Labute approximate surface area is 115 Å². The van der Waals surface area contributed by atoms with Gasteiger partial charge >= 0.3 is 0 Å². The molecule has 3 N–H and O–H groups in total. The third kappa shape index (κ3) is 4.56. The minimum Gasteiger partial charge on any atom is -0.496 e. The van der Waals surface area contributed by atoms with E-state index in [2.05, 4.69) is 12.2 Å². The molecule has 1 unspecified atom stereocenters. The summed E-state index contributed by atoms with van der Waals surface area (Å²) >= 11 is 0. The van der Waals surface area contributed by atoms with E-state index in [0.29, 0.717) is 12.1 Å². The molecule has 1 aromatic rings. The van der Waals surface area contributed by atoms with Crippen molar-refractivity contribution < 1.29 is 9.53 Å². The van der Waals surface area contributed by atoms with Crippen molar-refractivity contribution in [2.75, 3.05) is 13.7 Å². The van der Waals surface area contributed by atoms with Crippen molar-refractivity contribution in [3.63, 3.8) is 0 Å². The van der Waals surface area contributed by atoms with Gasteiger partial charge in [0.1, 0.15) is 5.75 Å². The van der Waals surface area contributed by atoms with Crippen molar-refractivity contribution in [2.24, 2.45) is 5.73 Å². The van der Waals surface area contributed by atoms with Crippen molar-refractivity contribution in [3.8, 4) is 5.75 Å². The molecule has 1 aromatic carbocycles. The summed E-state index contributed by atoms with van der Waals surface area (Å²) in [6, 6.07) is 5.50. The lowest BCUT2D eigenvalue weighted by molar-refractivity contribution is 0.0935. The predicted molar refractivity (Wildman–Crippen MR) is 77.6 cm³/mol. The molecule has 0 bridgehead atoms. The minimum absolute atomic E-state index is 0.0414. The lowest BCUT2D eigenvalue weighted by Gasteiger charge is -2.17. The van der Waals surface area contributed by atoms with Gasteiger partial charge in [0.15, 0.2) is 0 Å². The van der Waals surface area contributed by atoms with E-state index >= 15 is 0 Å². The SMILES string of the molecule is CCCCC(CN)NC(=O)c1ccc(C)c(OC)c1. The second kappa shape index (κ2) is 7.79. The topological polar surface area (TPSA) is 64.3 Å². The maximum absolute atomic E-state index is 12.1. The number of methoxy groups -OCH3 is 1. The number of carbonyl (C=O) groups excluding carboxylic acids is 1. The third-order valence-electron chi connectivity index (χ3n) is 3.20. The van der Waals surface area contributed by atoms with Crippen LogP contribution in [0.3, 0.4) is 0 Å². The van der Waals surface area contributed by atoms with Crippen LogP contribution in [-0.4, -0.2) is 25.6 Å². The summed E-state index contributed by atoms with van der Waals surface area (Å²) in [6.07, 6.45) is 3.09. The van der Waals surface area contributed by atoms with Gasteiger partial charge in [-0.2, -0.15) is 0 Å². The zero-order valence-corrected chi connectivity index (χ0v) is 12.0. The van der Waals surface area contributed by atoms with Gasteiger partial charge in [-0.3, -0.25) is 4.79 Å². The molecule has 0 saturated heterocycles. The zero-order valence-electron chi connectivity index (χ0n) is 12.0. The number of benzene rings is 1. The Morgan fingerprint density at radius 3 is 2.79 bits per heavy atom. The fourth-order valence-corrected chi connectivity index (χ4v) is 1.93. The molecule has 0 aliphatic heterocycles. The minimum atomic E-state index is -0.0927. The number of hydrogen-bond acceptors (Lipinski definition) is 3. The van der Waals surface area contributed by atoms with Crippen molar-refractivity contribution in [2.45, 2.75) is 39.2 Å². The summed E-state index contributed by atoms with van der Waals surface area (Å²) < 4.78 is 5.23. The van der Waals surface area contributed by atoms with Crippen LogP contribution >= 0.6 is 0 Å². The maximum Gasteiger partial charge on any atom is 0.251 e. The molecular formula is C15H24N2O2. The predicted octanol–water partition coefficient (Wildman–Crippen LogP) is 2.25. The average molecular weight is 264 g/mol. The number of nitrogens with one attached hydrogen (secondary N) is 1. The lowest BCUT2D eigenvalue weighted by atomic mass is 10.1. The van der Waals surface area contributed by atoms with Crippen molar-refractivity contribution in [3.05, 3.63) is 29.3 Å². The molecular weight excluding hydrogens is 240 g/mol. The molecule has 0 spiro atoms. The number of ether oxygens (including phenoxy) is 1. The molecule has 0 radical (unpaired) electrons. The van der Waals surface area contributed by atoms with Gasteiger partial charge in [0.05, 0.1) is 7.11 Å². The maximum atomic E-state index is 12.1. The van der Waals surface area contributed by atoms with Crippen LogP contribution in [0.4, 0.5) is 0 Å². The molecule has 1 atom stereocenters. The monoisotopic (exact) mass is 264 g/mol. The van der Waals surface area contributed by atoms with Gasteiger partial charge in [-0.05, 0) is 31.0 Å². The Balaban J connectivity index is 2.71. The smallest absolute Gasteiger partial charge is 0.251 e. The Kier molecular flexibility index (Phi) is 6.36. The summed E-state index contributed by atoms with van der Waals surface area (Å²) in [6.45, 7) is 4.54. The first-order valence-corrected chi connectivity index (χ1v) is 6.78. The zero-order chi connectivity index (χ0) is 14.3. The van der Waals surface area contributed by atoms with E-state index in [-0.39, 0.29) is 11.9 Å². The van der Waals surface area contributed by atoms with E-state index in [1.807, 2.05) is 13.0 Å². The fourth-order valence-electron chi connectivity index (χ4n) is 1.93. The molecule has 0 heterocycles. The molecule has 0 aliphatic rings. The van der Waals surface area contributed by atoms with Crippen LogP contribution in [0.15, 0.2) is 18.2 Å². The highest BCUT2D eigenvalue weighted by Crippen LogP contribution is 2.19. The fraction of sp³-hybridized carbons (Fsp3) is 0.533. The van der Waals surface area contributed by atoms with Gasteiger partial charge in [0, 0.05) is 18.2 Å². The molecule has 0 fully saturated rings. The number of amides is 1. The molecule has 0 aromatic heterocycles. The van der Waals surface area contributed by atoms with Crippen LogP contribution in [0, 0.1) is 6.92 Å². The van der Waals surface area contributed by atoms with E-state index in [1.54, 1.807) is 19.2 Å². The van der Waals surface area contributed by atoms with Crippen LogP contribution < -0.4 is 15.8 Å². The van der Waals surface area contributed by atoms with Gasteiger partial charge in [-0.15, -0.1) is 0 Å². The second-order valence-electron chi connectivity index (χ2n) is 4.73. The van der Waals surface area contributed by atoms with E-state index < -0.39 is 0 Å². The summed E-state index contributed by atoms with van der Waals surface area (Å²) in [5.41, 5.74) is 7.30. The summed E-state index contributed by atoms with van der Waals surface area (Å²) in [5.74, 6) is 0.635. The summed E-state index contributed by atoms with van der Waals surface area (Å²) in [5, 5.41) is 2.97. The molecule has 4 heteroatoms. The first kappa shape index (κ1) is 15.5. The Morgan fingerprint density at radius 2 is 2.21 bits per heavy atom. The Morgan fingerprint density at radius 1 is 1.47 bits per heavy atom. The standard InChI is InChI=1S/C15H24N2O2/c1-4-5-6-13(10-16)17-15(18)12-8-7-11(2)14(9-12)19-3/h7-9,13H,4-6,10,16H2,1-3H3,(H,17,18). The van der Waals surface area contributed by atoms with E-state index in [9.17, 15) is 4.79 Å². The van der Waals surface area contributed by atoms with Crippen molar-refractivity contribution in [1.29, 1.82) is 0 Å². The summed E-state index contributed by atoms with van der Waals surface area (Å²) in [7, 11) is 1.61. The van der Waals surface area contributed by atoms with E-state index in [0.717, 1.165) is 30.6 Å². The highest BCUT2D eigenvalue weighted by molar-refractivity contribution is 5.94. The van der Waals surface area contributed by atoms with E-state index in [1.165, 1.54) is 0 Å². The van der Waals surface area contributed by atoms with Crippen LogP contribution in [0.5, 0.6) is 5.75 Å². The van der Waals surface area contributed by atoms with E-state index in [4.69, 9.17) is 10.5 Å². The number of nitrogens with two attached hydrogens (primary N) is 1. The Hall–Kier alpha value is -1.55. The average Bonchev–Trinajstić information content (AvgIpc) is 2.43. The van der Waals surface area contributed by atoms with Gasteiger partial charge in [0.2, 0.25) is 0 Å². The number of hydrogen-bond donors (Lipinski definition) is 2. The van der Waals surface area contributed by atoms with Crippen molar-refractivity contribution in [1.82, 2.24) is 5.32 Å². The van der Waals surface area contributed by atoms with Gasteiger partial charge < -0.3 is 15.8 Å². The van der Waals surface area contributed by atoms with Crippen LogP contribution in [0.25, 0.3) is 0 Å². The first-order valence-electron chi connectivity index (χ1n) is 6.78. The molecule has 4 nitrogen and oxygen atoms in total. The third-order valence-corrected chi connectivity index (χ3v) is 3.20. The number of rotatable bonds is 7. The van der Waals surface area contributed by atoms with Crippen LogP contribution in [-0.2, 0) is 0 Å². The molecule has 0 saturated carbocycles. The molecule has 106 valence electrons. The van der Waals surface area contributed by atoms with Crippen LogP contribution in [0.2, 0.25) is 0 Å². The number of carbonyl (C=O) groups is 1. The molecule has 0 aliphatic carbocycles. The van der Waals surface area contributed by atoms with Gasteiger partial charge in [0.25, 0.3) is 5.91 Å². The lowest BCUT2D eigenvalue weighted by Crippen LogP contribution is -2.40. The number of unbranched alkanes of at least 4 members (excludes halogenated alkanes) is 1. The number of aryl methyl sites for hydroxylation is 1. The summed E-state index contributed by atoms with van der Waals surface area (Å²) in [4.78, 5) is 12.1. The van der Waals surface area contributed by atoms with Gasteiger partial charge in [-0.25, -0.2) is 0 Å². The normalized spacial score (nSPS) is 12.0. The highest BCUT2D eigenvalue weighted by atomic mass is 16.5. The first-order chi connectivity index (χ1) is 9.12. The van der Waals surface area contributed by atoms with Crippen LogP contribution in [0.1, 0.15) is 42.1 Å². The largest absolute Gasteiger partial charge is 0.496 e.